The average Bonchev–Trinajstić information content (AvgIpc) is 2.36. The first-order valence-corrected chi connectivity index (χ1v) is 7.52. The number of aldehydes is 1. The van der Waals surface area contributed by atoms with Crippen LogP contribution in [0.1, 0.15) is 77.6 Å². The van der Waals surface area contributed by atoms with Crippen LogP contribution in [-0.4, -0.2) is 28.7 Å². The van der Waals surface area contributed by atoms with E-state index in [-0.39, 0.29) is 6.42 Å². The van der Waals surface area contributed by atoms with Crippen molar-refractivity contribution in [3.05, 3.63) is 0 Å². The Morgan fingerprint density at radius 1 is 0.833 bits per heavy atom. The van der Waals surface area contributed by atoms with E-state index in [9.17, 15) is 15.0 Å². The smallest absolute Gasteiger partial charge is 0.122 e. The van der Waals surface area contributed by atoms with E-state index in [2.05, 4.69) is 6.92 Å². The van der Waals surface area contributed by atoms with E-state index in [0.29, 0.717) is 12.7 Å². The molecule has 3 nitrogen and oxygen atoms in total. The summed E-state index contributed by atoms with van der Waals surface area (Å²) < 4.78 is 0. The fourth-order valence-corrected chi connectivity index (χ4v) is 2.11. The lowest BCUT2D eigenvalue weighted by atomic mass is 10.0. The molecule has 0 heterocycles. The zero-order valence-corrected chi connectivity index (χ0v) is 11.8. The summed E-state index contributed by atoms with van der Waals surface area (Å²) in [4.78, 5) is 10.2. The molecular formula is C15H30O3. The second-order valence-corrected chi connectivity index (χ2v) is 5.15. The van der Waals surface area contributed by atoms with Gasteiger partial charge in [0.25, 0.3) is 0 Å². The van der Waals surface area contributed by atoms with Crippen LogP contribution in [0.25, 0.3) is 0 Å². The number of hydrogen-bond donors (Lipinski definition) is 2. The highest BCUT2D eigenvalue weighted by Gasteiger charge is 2.14. The van der Waals surface area contributed by atoms with Crippen LogP contribution < -0.4 is 0 Å². The molecule has 0 amide bonds. The molecular weight excluding hydrogens is 228 g/mol. The Kier molecular flexibility index (Phi) is 12.7. The standard InChI is InChI=1S/C15H30O3/c1-2-3-4-5-6-7-8-9-10-11-14(17)15(18)12-13-16/h13-15,17-18H,2-12H2,1H3. The van der Waals surface area contributed by atoms with E-state index in [4.69, 9.17) is 0 Å². The molecule has 0 aromatic heterocycles. The lowest BCUT2D eigenvalue weighted by Gasteiger charge is -2.15. The minimum Gasteiger partial charge on any atom is -0.390 e. The molecule has 0 aromatic carbocycles. The minimum absolute atomic E-state index is 0.0403. The summed E-state index contributed by atoms with van der Waals surface area (Å²) in [5.41, 5.74) is 0. The molecule has 3 heteroatoms. The van der Waals surface area contributed by atoms with Gasteiger partial charge in [-0.2, -0.15) is 0 Å². The molecule has 2 unspecified atom stereocenters. The fraction of sp³-hybridized carbons (Fsp3) is 0.933. The highest BCUT2D eigenvalue weighted by atomic mass is 16.3. The number of carbonyl (C=O) groups excluding carboxylic acids is 1. The third-order valence-electron chi connectivity index (χ3n) is 3.39. The first-order valence-electron chi connectivity index (χ1n) is 7.52. The van der Waals surface area contributed by atoms with Gasteiger partial charge in [0, 0.05) is 6.42 Å². The Bertz CT molecular complexity index is 183. The van der Waals surface area contributed by atoms with Crippen molar-refractivity contribution >= 4 is 6.29 Å². The van der Waals surface area contributed by atoms with Crippen molar-refractivity contribution in [2.75, 3.05) is 0 Å². The van der Waals surface area contributed by atoms with E-state index in [0.717, 1.165) is 12.8 Å². The monoisotopic (exact) mass is 258 g/mol. The number of carbonyl (C=O) groups is 1. The van der Waals surface area contributed by atoms with Crippen LogP contribution in [0.15, 0.2) is 0 Å². The summed E-state index contributed by atoms with van der Waals surface area (Å²) in [6, 6.07) is 0. The van der Waals surface area contributed by atoms with E-state index in [1.807, 2.05) is 0 Å². The summed E-state index contributed by atoms with van der Waals surface area (Å²) in [5.74, 6) is 0. The molecule has 0 saturated carbocycles. The Morgan fingerprint density at radius 2 is 1.33 bits per heavy atom. The Morgan fingerprint density at radius 3 is 1.83 bits per heavy atom. The molecule has 0 aliphatic carbocycles. The molecule has 0 fully saturated rings. The Balaban J connectivity index is 3.22. The largest absolute Gasteiger partial charge is 0.390 e. The van der Waals surface area contributed by atoms with Crippen LogP contribution in [-0.2, 0) is 4.79 Å². The lowest BCUT2D eigenvalue weighted by molar-refractivity contribution is -0.111. The second kappa shape index (κ2) is 13.0. The Hall–Kier alpha value is -0.410. The fourth-order valence-electron chi connectivity index (χ4n) is 2.11. The molecule has 108 valence electrons. The van der Waals surface area contributed by atoms with E-state index in [1.54, 1.807) is 0 Å². The molecule has 0 aromatic rings. The Labute approximate surface area is 112 Å². The maximum atomic E-state index is 10.2. The highest BCUT2D eigenvalue weighted by Crippen LogP contribution is 2.12. The molecule has 0 radical (unpaired) electrons. The van der Waals surface area contributed by atoms with Gasteiger partial charge in [-0.05, 0) is 6.42 Å². The zero-order valence-electron chi connectivity index (χ0n) is 11.8. The molecule has 2 atom stereocenters. The average molecular weight is 258 g/mol. The van der Waals surface area contributed by atoms with Crippen molar-refractivity contribution < 1.29 is 15.0 Å². The summed E-state index contributed by atoms with van der Waals surface area (Å²) in [7, 11) is 0. The van der Waals surface area contributed by atoms with Gasteiger partial charge in [-0.25, -0.2) is 0 Å². The van der Waals surface area contributed by atoms with Gasteiger partial charge < -0.3 is 15.0 Å². The topological polar surface area (TPSA) is 57.5 Å². The summed E-state index contributed by atoms with van der Waals surface area (Å²) in [6.07, 6.45) is 10.9. The van der Waals surface area contributed by atoms with Gasteiger partial charge in [0.15, 0.2) is 0 Å². The van der Waals surface area contributed by atoms with E-state index in [1.165, 1.54) is 44.9 Å². The lowest BCUT2D eigenvalue weighted by Crippen LogP contribution is -2.25. The maximum absolute atomic E-state index is 10.2. The predicted molar refractivity (Wildman–Crippen MR) is 74.5 cm³/mol. The third-order valence-corrected chi connectivity index (χ3v) is 3.39. The van der Waals surface area contributed by atoms with Crippen molar-refractivity contribution in [3.63, 3.8) is 0 Å². The van der Waals surface area contributed by atoms with Crippen LogP contribution >= 0.6 is 0 Å². The van der Waals surface area contributed by atoms with Gasteiger partial charge in [0.1, 0.15) is 6.29 Å². The molecule has 0 bridgehead atoms. The van der Waals surface area contributed by atoms with Gasteiger partial charge >= 0.3 is 0 Å². The van der Waals surface area contributed by atoms with Crippen molar-refractivity contribution in [2.24, 2.45) is 0 Å². The summed E-state index contributed by atoms with van der Waals surface area (Å²) >= 11 is 0. The zero-order chi connectivity index (χ0) is 13.6. The normalized spacial score (nSPS) is 14.4. The first-order chi connectivity index (χ1) is 8.72. The predicted octanol–water partition coefficient (Wildman–Crippen LogP) is 3.22. The van der Waals surface area contributed by atoms with Gasteiger partial charge in [-0.15, -0.1) is 0 Å². The van der Waals surface area contributed by atoms with Crippen LogP contribution in [0.4, 0.5) is 0 Å². The molecule has 0 aliphatic rings. The highest BCUT2D eigenvalue weighted by molar-refractivity contribution is 5.50. The van der Waals surface area contributed by atoms with Gasteiger partial charge in [-0.3, -0.25) is 0 Å². The SMILES string of the molecule is CCCCCCCCCCCC(O)C(O)CC=O. The van der Waals surface area contributed by atoms with Gasteiger partial charge in [-0.1, -0.05) is 64.7 Å². The van der Waals surface area contributed by atoms with Crippen LogP contribution in [0.2, 0.25) is 0 Å². The molecule has 0 saturated heterocycles. The molecule has 0 rings (SSSR count). The minimum atomic E-state index is -0.878. The number of unbranched alkanes of at least 4 members (excludes halogenated alkanes) is 8. The summed E-state index contributed by atoms with van der Waals surface area (Å²) in [5, 5.41) is 18.9. The molecule has 0 aliphatic heterocycles. The quantitative estimate of drug-likeness (QED) is 0.394. The van der Waals surface area contributed by atoms with E-state index < -0.39 is 12.2 Å². The van der Waals surface area contributed by atoms with Gasteiger partial charge in [0.2, 0.25) is 0 Å². The van der Waals surface area contributed by atoms with Crippen LogP contribution in [0.3, 0.4) is 0 Å². The third kappa shape index (κ3) is 10.7. The van der Waals surface area contributed by atoms with Crippen molar-refractivity contribution in [2.45, 2.75) is 89.8 Å². The molecule has 0 spiro atoms. The second-order valence-electron chi connectivity index (χ2n) is 5.15. The maximum Gasteiger partial charge on any atom is 0.122 e. The van der Waals surface area contributed by atoms with Crippen LogP contribution in [0.5, 0.6) is 0 Å². The molecule has 18 heavy (non-hydrogen) atoms. The van der Waals surface area contributed by atoms with Crippen molar-refractivity contribution in [3.8, 4) is 0 Å². The number of rotatable bonds is 13. The first kappa shape index (κ1) is 17.6. The number of hydrogen-bond acceptors (Lipinski definition) is 3. The van der Waals surface area contributed by atoms with Crippen LogP contribution in [0, 0.1) is 0 Å². The van der Waals surface area contributed by atoms with Crippen molar-refractivity contribution in [1.82, 2.24) is 0 Å². The van der Waals surface area contributed by atoms with Crippen molar-refractivity contribution in [1.29, 1.82) is 0 Å². The number of aliphatic hydroxyl groups is 2. The van der Waals surface area contributed by atoms with Gasteiger partial charge in [0.05, 0.1) is 12.2 Å². The summed E-state index contributed by atoms with van der Waals surface area (Å²) in [6.45, 7) is 2.23. The number of aliphatic hydroxyl groups excluding tert-OH is 2. The molecule has 2 N–H and O–H groups in total. The van der Waals surface area contributed by atoms with E-state index >= 15 is 0 Å².